The highest BCUT2D eigenvalue weighted by Crippen LogP contribution is 2.44. The molecule has 0 spiro atoms. The highest BCUT2D eigenvalue weighted by molar-refractivity contribution is 5.79. The van der Waals surface area contributed by atoms with E-state index in [2.05, 4.69) is 29.6 Å². The van der Waals surface area contributed by atoms with Crippen LogP contribution in [0.4, 0.5) is 16.2 Å². The Morgan fingerprint density at radius 3 is 2.29 bits per heavy atom. The SMILES string of the molecule is Cc1cc(N)c(N)cc1C=CCCNC(=O)OCC1c2ccccc2-c2ccccc21. The summed E-state index contributed by atoms with van der Waals surface area (Å²) in [5.74, 6) is 0.0667. The summed E-state index contributed by atoms with van der Waals surface area (Å²) in [6, 6.07) is 20.3. The van der Waals surface area contributed by atoms with Crippen molar-refractivity contribution in [2.75, 3.05) is 24.6 Å². The first kappa shape index (κ1) is 20.5. The van der Waals surface area contributed by atoms with Crippen molar-refractivity contribution in [1.82, 2.24) is 5.32 Å². The highest BCUT2D eigenvalue weighted by atomic mass is 16.5. The fourth-order valence-electron chi connectivity index (χ4n) is 4.06. The number of anilines is 2. The smallest absolute Gasteiger partial charge is 0.407 e. The minimum absolute atomic E-state index is 0.0667. The van der Waals surface area contributed by atoms with Crippen LogP contribution in [-0.2, 0) is 4.74 Å². The minimum atomic E-state index is -0.400. The van der Waals surface area contributed by atoms with E-state index >= 15 is 0 Å². The molecule has 0 atom stereocenters. The van der Waals surface area contributed by atoms with Crippen LogP contribution < -0.4 is 16.8 Å². The Morgan fingerprint density at radius 1 is 1.00 bits per heavy atom. The van der Waals surface area contributed by atoms with Crippen molar-refractivity contribution in [3.05, 3.63) is 89.0 Å². The van der Waals surface area contributed by atoms with E-state index in [4.69, 9.17) is 16.2 Å². The van der Waals surface area contributed by atoms with E-state index in [1.54, 1.807) is 0 Å². The first-order valence-corrected chi connectivity index (χ1v) is 10.5. The lowest BCUT2D eigenvalue weighted by molar-refractivity contribution is 0.143. The van der Waals surface area contributed by atoms with Crippen LogP contribution in [0.1, 0.15) is 34.6 Å². The fraction of sp³-hybridized carbons (Fsp3) is 0.192. The number of nitrogens with one attached hydrogen (secondary N) is 1. The Kier molecular flexibility index (Phi) is 5.94. The molecule has 3 aromatic carbocycles. The summed E-state index contributed by atoms with van der Waals surface area (Å²) in [4.78, 5) is 12.2. The van der Waals surface area contributed by atoms with Crippen molar-refractivity contribution in [2.24, 2.45) is 0 Å². The maximum atomic E-state index is 12.2. The van der Waals surface area contributed by atoms with Gasteiger partial charge in [0.15, 0.2) is 0 Å². The molecule has 4 rings (SSSR count). The van der Waals surface area contributed by atoms with Gasteiger partial charge in [0.25, 0.3) is 0 Å². The lowest BCUT2D eigenvalue weighted by Crippen LogP contribution is -2.26. The van der Waals surface area contributed by atoms with Crippen molar-refractivity contribution >= 4 is 23.5 Å². The van der Waals surface area contributed by atoms with Gasteiger partial charge in [-0.25, -0.2) is 4.79 Å². The van der Waals surface area contributed by atoms with E-state index in [9.17, 15) is 4.79 Å². The van der Waals surface area contributed by atoms with Crippen molar-refractivity contribution in [3.8, 4) is 11.1 Å². The maximum absolute atomic E-state index is 12.2. The van der Waals surface area contributed by atoms with Gasteiger partial charge < -0.3 is 21.5 Å². The number of aryl methyl sites for hydroxylation is 1. The molecule has 1 aliphatic rings. The van der Waals surface area contributed by atoms with Crippen LogP contribution in [0.2, 0.25) is 0 Å². The van der Waals surface area contributed by atoms with Crippen molar-refractivity contribution in [3.63, 3.8) is 0 Å². The summed E-state index contributed by atoms with van der Waals surface area (Å²) in [5, 5.41) is 2.82. The lowest BCUT2D eigenvalue weighted by Gasteiger charge is -2.14. The predicted molar refractivity (Wildman–Crippen MR) is 127 cm³/mol. The van der Waals surface area contributed by atoms with Crippen LogP contribution >= 0.6 is 0 Å². The summed E-state index contributed by atoms with van der Waals surface area (Å²) in [6.07, 6.45) is 4.28. The largest absolute Gasteiger partial charge is 0.449 e. The van der Waals surface area contributed by atoms with Gasteiger partial charge >= 0.3 is 6.09 Å². The van der Waals surface area contributed by atoms with E-state index in [1.807, 2.05) is 55.5 Å². The quantitative estimate of drug-likeness (QED) is 0.387. The van der Waals surface area contributed by atoms with Gasteiger partial charge in [0.2, 0.25) is 0 Å². The number of carbonyl (C=O) groups is 1. The maximum Gasteiger partial charge on any atom is 0.407 e. The molecule has 1 aliphatic carbocycles. The fourth-order valence-corrected chi connectivity index (χ4v) is 4.06. The summed E-state index contributed by atoms with van der Waals surface area (Å²) in [5.41, 5.74) is 19.8. The van der Waals surface area contributed by atoms with Gasteiger partial charge in [-0.2, -0.15) is 0 Å². The second kappa shape index (κ2) is 8.96. The number of hydrogen-bond acceptors (Lipinski definition) is 4. The summed E-state index contributed by atoms with van der Waals surface area (Å²) >= 11 is 0. The zero-order valence-electron chi connectivity index (χ0n) is 17.6. The van der Waals surface area contributed by atoms with Crippen molar-refractivity contribution in [2.45, 2.75) is 19.3 Å². The molecule has 1 amide bonds. The number of rotatable bonds is 6. The predicted octanol–water partition coefficient (Wildman–Crippen LogP) is 5.10. The van der Waals surface area contributed by atoms with Crippen LogP contribution in [0.15, 0.2) is 66.7 Å². The number of nitrogen functional groups attached to an aromatic ring is 2. The average molecular weight is 414 g/mol. The van der Waals surface area contributed by atoms with Crippen LogP contribution in [0.25, 0.3) is 17.2 Å². The van der Waals surface area contributed by atoms with Gasteiger partial charge in [0, 0.05) is 12.5 Å². The van der Waals surface area contributed by atoms with Crippen LogP contribution in [-0.4, -0.2) is 19.2 Å². The molecule has 158 valence electrons. The molecular weight excluding hydrogens is 386 g/mol. The van der Waals surface area contributed by atoms with E-state index in [1.165, 1.54) is 22.3 Å². The van der Waals surface area contributed by atoms with Crippen LogP contribution in [0.3, 0.4) is 0 Å². The second-order valence-electron chi connectivity index (χ2n) is 7.78. The molecule has 0 heterocycles. The van der Waals surface area contributed by atoms with Gasteiger partial charge in [0.1, 0.15) is 6.61 Å². The summed E-state index contributed by atoms with van der Waals surface area (Å²) in [7, 11) is 0. The Bertz CT molecular complexity index is 1090. The molecule has 0 unspecified atom stereocenters. The van der Waals surface area contributed by atoms with E-state index < -0.39 is 6.09 Å². The molecule has 3 aromatic rings. The normalized spacial score (nSPS) is 12.5. The number of ether oxygens (including phenoxy) is 1. The first-order valence-electron chi connectivity index (χ1n) is 10.5. The second-order valence-corrected chi connectivity index (χ2v) is 7.78. The molecule has 5 heteroatoms. The number of alkyl carbamates (subject to hydrolysis) is 1. The van der Waals surface area contributed by atoms with Gasteiger partial charge in [-0.3, -0.25) is 0 Å². The average Bonchev–Trinajstić information content (AvgIpc) is 3.09. The zero-order chi connectivity index (χ0) is 21.8. The lowest BCUT2D eigenvalue weighted by atomic mass is 9.98. The summed E-state index contributed by atoms with van der Waals surface area (Å²) < 4.78 is 5.55. The summed E-state index contributed by atoms with van der Waals surface area (Å²) in [6.45, 7) is 2.81. The molecule has 0 aromatic heterocycles. The number of hydrogen-bond donors (Lipinski definition) is 3. The zero-order valence-corrected chi connectivity index (χ0v) is 17.6. The molecule has 0 radical (unpaired) electrons. The Labute approximate surface area is 182 Å². The molecule has 0 fully saturated rings. The van der Waals surface area contributed by atoms with Gasteiger partial charge in [-0.05, 0) is 58.9 Å². The molecule has 0 aliphatic heterocycles. The van der Waals surface area contributed by atoms with Crippen molar-refractivity contribution in [1.29, 1.82) is 0 Å². The molecule has 31 heavy (non-hydrogen) atoms. The highest BCUT2D eigenvalue weighted by Gasteiger charge is 2.28. The molecule has 0 saturated heterocycles. The standard InChI is InChI=1S/C26H27N3O2/c1-17-14-24(27)25(28)15-18(17)8-6-7-13-29-26(30)31-16-23-21-11-4-2-9-19(21)20-10-3-5-12-22(20)23/h2-6,8-12,14-15,23H,7,13,16,27-28H2,1H3,(H,29,30). The monoisotopic (exact) mass is 413 g/mol. The van der Waals surface area contributed by atoms with Gasteiger partial charge in [0.05, 0.1) is 11.4 Å². The van der Waals surface area contributed by atoms with Gasteiger partial charge in [-0.1, -0.05) is 60.7 Å². The molecule has 0 saturated carbocycles. The van der Waals surface area contributed by atoms with Gasteiger partial charge in [-0.15, -0.1) is 0 Å². The number of benzene rings is 3. The van der Waals surface area contributed by atoms with Crippen LogP contribution in [0, 0.1) is 6.92 Å². The number of amides is 1. The number of fused-ring (bicyclic) bond motifs is 3. The van der Waals surface area contributed by atoms with E-state index in [-0.39, 0.29) is 5.92 Å². The van der Waals surface area contributed by atoms with Crippen molar-refractivity contribution < 1.29 is 9.53 Å². The topological polar surface area (TPSA) is 90.4 Å². The van der Waals surface area contributed by atoms with E-state index in [0.29, 0.717) is 30.9 Å². The number of carbonyl (C=O) groups excluding carboxylic acids is 1. The third-order valence-electron chi connectivity index (χ3n) is 5.69. The molecular formula is C26H27N3O2. The Balaban J connectivity index is 1.28. The Morgan fingerprint density at radius 2 is 1.61 bits per heavy atom. The minimum Gasteiger partial charge on any atom is -0.449 e. The van der Waals surface area contributed by atoms with Crippen LogP contribution in [0.5, 0.6) is 0 Å². The van der Waals surface area contributed by atoms with E-state index in [0.717, 1.165) is 11.1 Å². The molecule has 5 nitrogen and oxygen atoms in total. The number of nitrogens with two attached hydrogens (primary N) is 2. The first-order chi connectivity index (χ1) is 15.0. The molecule has 5 N–H and O–H groups in total. The Hall–Kier alpha value is -3.73. The third kappa shape index (κ3) is 4.40. The molecule has 0 bridgehead atoms. The third-order valence-corrected chi connectivity index (χ3v) is 5.69.